The van der Waals surface area contributed by atoms with Gasteiger partial charge in [-0.2, -0.15) is 4.37 Å². The van der Waals surface area contributed by atoms with Gasteiger partial charge in [0, 0.05) is 44.1 Å². The van der Waals surface area contributed by atoms with Gasteiger partial charge >= 0.3 is 0 Å². The summed E-state index contributed by atoms with van der Waals surface area (Å²) in [4.78, 5) is 9.20. The molecule has 0 bridgehead atoms. The molecule has 0 radical (unpaired) electrons. The molecule has 6 heteroatoms. The molecule has 0 atom stereocenters. The Kier molecular flexibility index (Phi) is 4.08. The van der Waals surface area contributed by atoms with E-state index in [1.807, 2.05) is 18.2 Å². The van der Waals surface area contributed by atoms with Crippen LogP contribution in [0.25, 0.3) is 0 Å². The van der Waals surface area contributed by atoms with Crippen molar-refractivity contribution in [3.63, 3.8) is 0 Å². The zero-order chi connectivity index (χ0) is 13.9. The van der Waals surface area contributed by atoms with Gasteiger partial charge in [0.2, 0.25) is 5.13 Å². The van der Waals surface area contributed by atoms with Crippen LogP contribution in [0.5, 0.6) is 0 Å². The van der Waals surface area contributed by atoms with Crippen LogP contribution >= 0.6 is 23.1 Å². The number of nitrogens with zero attached hydrogens (tertiary/aromatic N) is 4. The molecule has 0 saturated carbocycles. The first-order valence-electron chi connectivity index (χ1n) is 6.85. The molecule has 1 aliphatic rings. The Hall–Kier alpha value is -1.33. The molecule has 0 N–H and O–H groups in total. The maximum atomic E-state index is 6.26. The van der Waals surface area contributed by atoms with Gasteiger partial charge in [0.15, 0.2) is 0 Å². The summed E-state index contributed by atoms with van der Waals surface area (Å²) >= 11 is 7.76. The highest BCUT2D eigenvalue weighted by Crippen LogP contribution is 2.27. The first-order valence-corrected chi connectivity index (χ1v) is 8.00. The lowest BCUT2D eigenvalue weighted by atomic mass is 10.2. The van der Waals surface area contributed by atoms with Crippen molar-refractivity contribution in [2.24, 2.45) is 0 Å². The number of piperazine rings is 1. The van der Waals surface area contributed by atoms with Crippen LogP contribution in [0, 0.1) is 0 Å². The van der Waals surface area contributed by atoms with E-state index in [9.17, 15) is 0 Å². The van der Waals surface area contributed by atoms with Gasteiger partial charge in [-0.25, -0.2) is 4.98 Å². The third-order valence-electron chi connectivity index (χ3n) is 3.52. The van der Waals surface area contributed by atoms with E-state index < -0.39 is 0 Å². The van der Waals surface area contributed by atoms with E-state index in [4.69, 9.17) is 11.6 Å². The van der Waals surface area contributed by atoms with Crippen LogP contribution in [0.4, 0.5) is 10.8 Å². The Bertz CT molecular complexity index is 578. The monoisotopic (exact) mass is 308 g/mol. The van der Waals surface area contributed by atoms with Crippen LogP contribution in [-0.4, -0.2) is 35.5 Å². The normalized spacial score (nSPS) is 15.7. The molecule has 1 aromatic heterocycles. The van der Waals surface area contributed by atoms with E-state index in [0.29, 0.717) is 0 Å². The number of hydrogen-bond acceptors (Lipinski definition) is 5. The van der Waals surface area contributed by atoms with Crippen LogP contribution in [0.3, 0.4) is 0 Å². The molecule has 106 valence electrons. The summed E-state index contributed by atoms with van der Waals surface area (Å²) in [5.74, 6) is 0.943. The van der Waals surface area contributed by atoms with Gasteiger partial charge in [0.05, 0.1) is 10.7 Å². The summed E-state index contributed by atoms with van der Waals surface area (Å²) in [7, 11) is 0. The van der Waals surface area contributed by atoms with Gasteiger partial charge in [-0.3, -0.25) is 0 Å². The number of aryl methyl sites for hydroxylation is 1. The summed E-state index contributed by atoms with van der Waals surface area (Å²) in [6.07, 6.45) is 0.899. The number of benzene rings is 1. The average molecular weight is 309 g/mol. The molecule has 0 amide bonds. The Morgan fingerprint density at radius 1 is 1.15 bits per heavy atom. The number of aromatic nitrogens is 2. The van der Waals surface area contributed by atoms with Gasteiger partial charge in [-0.1, -0.05) is 30.7 Å². The van der Waals surface area contributed by atoms with Gasteiger partial charge in [0.1, 0.15) is 5.82 Å². The molecule has 20 heavy (non-hydrogen) atoms. The van der Waals surface area contributed by atoms with E-state index >= 15 is 0 Å². The van der Waals surface area contributed by atoms with Crippen molar-refractivity contribution in [2.75, 3.05) is 36.0 Å². The van der Waals surface area contributed by atoms with Crippen molar-refractivity contribution in [1.29, 1.82) is 0 Å². The molecule has 0 spiro atoms. The van der Waals surface area contributed by atoms with Gasteiger partial charge in [-0.05, 0) is 12.1 Å². The SMILES string of the molecule is CCc1nsc(N2CCN(c3ccccc3Cl)CC2)n1. The van der Waals surface area contributed by atoms with Crippen LogP contribution in [0.1, 0.15) is 12.7 Å². The fraction of sp³-hybridized carbons (Fsp3) is 0.429. The van der Waals surface area contributed by atoms with Crippen molar-refractivity contribution in [2.45, 2.75) is 13.3 Å². The molecule has 1 saturated heterocycles. The van der Waals surface area contributed by atoms with Gasteiger partial charge in [-0.15, -0.1) is 0 Å². The molecule has 0 aliphatic carbocycles. The summed E-state index contributed by atoms with van der Waals surface area (Å²) in [6, 6.07) is 8.03. The molecule has 1 aromatic carbocycles. The predicted octanol–water partition coefficient (Wildman–Crippen LogP) is 3.08. The Balaban J connectivity index is 1.66. The highest BCUT2D eigenvalue weighted by molar-refractivity contribution is 7.09. The molecular weight excluding hydrogens is 292 g/mol. The molecule has 0 unspecified atom stereocenters. The first-order chi connectivity index (χ1) is 9.78. The highest BCUT2D eigenvalue weighted by Gasteiger charge is 2.21. The summed E-state index contributed by atoms with van der Waals surface area (Å²) in [5.41, 5.74) is 1.13. The van der Waals surface area contributed by atoms with Gasteiger partial charge < -0.3 is 9.80 Å². The minimum absolute atomic E-state index is 0.824. The maximum absolute atomic E-state index is 6.26. The quantitative estimate of drug-likeness (QED) is 0.872. The predicted molar refractivity (Wildman–Crippen MR) is 85.2 cm³/mol. The fourth-order valence-corrected chi connectivity index (χ4v) is 3.42. The lowest BCUT2D eigenvalue weighted by Crippen LogP contribution is -2.46. The number of halogens is 1. The summed E-state index contributed by atoms with van der Waals surface area (Å²) in [5, 5.41) is 1.87. The van der Waals surface area contributed by atoms with Crippen molar-refractivity contribution < 1.29 is 0 Å². The number of anilines is 2. The Morgan fingerprint density at radius 2 is 1.85 bits per heavy atom. The molecule has 4 nitrogen and oxygen atoms in total. The second kappa shape index (κ2) is 5.97. The summed E-state index contributed by atoms with van der Waals surface area (Å²) in [6.45, 7) is 5.93. The van der Waals surface area contributed by atoms with E-state index in [1.54, 1.807) is 0 Å². The smallest absolute Gasteiger partial charge is 0.205 e. The lowest BCUT2D eigenvalue weighted by molar-refractivity contribution is 0.651. The van der Waals surface area contributed by atoms with Crippen LogP contribution in [0.2, 0.25) is 5.02 Å². The Morgan fingerprint density at radius 3 is 2.50 bits per heavy atom. The lowest BCUT2D eigenvalue weighted by Gasteiger charge is -2.36. The van der Waals surface area contributed by atoms with Gasteiger partial charge in [0.25, 0.3) is 0 Å². The molecule has 1 aliphatic heterocycles. The molecule has 2 aromatic rings. The maximum Gasteiger partial charge on any atom is 0.205 e. The number of hydrogen-bond donors (Lipinski definition) is 0. The zero-order valence-corrected chi connectivity index (χ0v) is 13.0. The molecular formula is C14H17ClN4S. The largest absolute Gasteiger partial charge is 0.367 e. The van der Waals surface area contributed by atoms with Crippen molar-refractivity contribution >= 4 is 34.0 Å². The van der Waals surface area contributed by atoms with Crippen molar-refractivity contribution in [3.05, 3.63) is 35.1 Å². The molecule has 1 fully saturated rings. The third kappa shape index (κ3) is 2.74. The molecule has 2 heterocycles. The number of rotatable bonds is 3. The van der Waals surface area contributed by atoms with Crippen LogP contribution in [0.15, 0.2) is 24.3 Å². The van der Waals surface area contributed by atoms with E-state index in [2.05, 4.69) is 32.1 Å². The second-order valence-electron chi connectivity index (χ2n) is 4.77. The summed E-state index contributed by atoms with van der Waals surface area (Å²) < 4.78 is 4.36. The van der Waals surface area contributed by atoms with E-state index in [0.717, 1.165) is 54.3 Å². The van der Waals surface area contributed by atoms with E-state index in [-0.39, 0.29) is 0 Å². The van der Waals surface area contributed by atoms with Crippen LogP contribution in [-0.2, 0) is 6.42 Å². The number of para-hydroxylation sites is 1. The second-order valence-corrected chi connectivity index (χ2v) is 5.91. The fourth-order valence-electron chi connectivity index (χ4n) is 2.36. The first kappa shape index (κ1) is 13.6. The van der Waals surface area contributed by atoms with Crippen molar-refractivity contribution in [1.82, 2.24) is 9.36 Å². The molecule has 3 rings (SSSR count). The third-order valence-corrected chi connectivity index (χ3v) is 4.65. The van der Waals surface area contributed by atoms with E-state index in [1.165, 1.54) is 11.5 Å². The minimum Gasteiger partial charge on any atom is -0.367 e. The minimum atomic E-state index is 0.824. The average Bonchev–Trinajstić information content (AvgIpc) is 2.97. The van der Waals surface area contributed by atoms with Crippen LogP contribution < -0.4 is 9.80 Å². The highest BCUT2D eigenvalue weighted by atomic mass is 35.5. The zero-order valence-electron chi connectivity index (χ0n) is 11.4. The van der Waals surface area contributed by atoms with Crippen molar-refractivity contribution in [3.8, 4) is 0 Å². The standard InChI is InChI=1S/C14H17ClN4S/c1-2-13-16-14(20-17-13)19-9-7-18(8-10-19)12-6-4-3-5-11(12)15/h3-6H,2,7-10H2,1H3. The Labute approximate surface area is 128 Å². The topological polar surface area (TPSA) is 32.3 Å².